The quantitative estimate of drug-likeness (QED) is 0.532. The minimum absolute atomic E-state index is 0.798. The summed E-state index contributed by atoms with van der Waals surface area (Å²) in [4.78, 5) is 0. The molecule has 1 aliphatic carbocycles. The highest BCUT2D eigenvalue weighted by molar-refractivity contribution is 4.73. The summed E-state index contributed by atoms with van der Waals surface area (Å²) >= 11 is 0. The van der Waals surface area contributed by atoms with E-state index < -0.39 is 0 Å². The molecule has 1 fully saturated rings. The van der Waals surface area contributed by atoms with Crippen molar-refractivity contribution < 1.29 is 4.74 Å². The second-order valence-electron chi connectivity index (χ2n) is 5.32. The number of methoxy groups -OCH3 is 1. The van der Waals surface area contributed by atoms with Crippen molar-refractivity contribution in [2.75, 3.05) is 20.3 Å². The highest BCUT2D eigenvalue weighted by Crippen LogP contribution is 2.22. The Kier molecular flexibility index (Phi) is 7.87. The maximum atomic E-state index is 5.05. The molecule has 0 aromatic heterocycles. The monoisotopic (exact) mass is 227 g/mol. The standard InChI is InChI=1S/C14H29NO/c1-13-7-6-8-14(10-9-13)15-11-4-3-5-12-16-2/h13-15H,3-12H2,1-2H3. The zero-order valence-electron chi connectivity index (χ0n) is 11.1. The Morgan fingerprint density at radius 3 is 2.75 bits per heavy atom. The van der Waals surface area contributed by atoms with Gasteiger partial charge in [0.05, 0.1) is 0 Å². The number of nitrogens with one attached hydrogen (secondary N) is 1. The van der Waals surface area contributed by atoms with Gasteiger partial charge in [-0.2, -0.15) is 0 Å². The molecule has 2 unspecified atom stereocenters. The third kappa shape index (κ3) is 6.49. The Morgan fingerprint density at radius 2 is 1.94 bits per heavy atom. The lowest BCUT2D eigenvalue weighted by atomic mass is 10.0. The van der Waals surface area contributed by atoms with Crippen LogP contribution in [-0.4, -0.2) is 26.3 Å². The fraction of sp³-hybridized carbons (Fsp3) is 1.00. The number of rotatable bonds is 7. The summed E-state index contributed by atoms with van der Waals surface area (Å²) in [5, 5.41) is 3.72. The SMILES string of the molecule is COCCCCCNC1CCCC(C)CC1. The Balaban J connectivity index is 1.95. The van der Waals surface area contributed by atoms with E-state index in [-0.39, 0.29) is 0 Å². The van der Waals surface area contributed by atoms with Gasteiger partial charge in [-0.05, 0) is 51.0 Å². The zero-order valence-corrected chi connectivity index (χ0v) is 11.1. The summed E-state index contributed by atoms with van der Waals surface area (Å²) in [6.07, 6.45) is 10.9. The second kappa shape index (κ2) is 9.00. The molecule has 2 nitrogen and oxygen atoms in total. The van der Waals surface area contributed by atoms with E-state index in [2.05, 4.69) is 12.2 Å². The van der Waals surface area contributed by atoms with E-state index in [1.807, 2.05) is 0 Å². The van der Waals surface area contributed by atoms with Gasteiger partial charge in [0.2, 0.25) is 0 Å². The highest BCUT2D eigenvalue weighted by Gasteiger charge is 2.14. The molecule has 0 aromatic carbocycles. The first-order valence-corrected chi connectivity index (χ1v) is 7.05. The van der Waals surface area contributed by atoms with Crippen molar-refractivity contribution in [3.05, 3.63) is 0 Å². The Hall–Kier alpha value is -0.0800. The third-order valence-corrected chi connectivity index (χ3v) is 3.72. The van der Waals surface area contributed by atoms with Crippen LogP contribution >= 0.6 is 0 Å². The van der Waals surface area contributed by atoms with Gasteiger partial charge in [-0.25, -0.2) is 0 Å². The van der Waals surface area contributed by atoms with Gasteiger partial charge < -0.3 is 10.1 Å². The van der Waals surface area contributed by atoms with Crippen molar-refractivity contribution in [3.8, 4) is 0 Å². The molecule has 2 heteroatoms. The second-order valence-corrected chi connectivity index (χ2v) is 5.32. The first-order chi connectivity index (χ1) is 7.83. The number of unbranched alkanes of at least 4 members (excludes halogenated alkanes) is 2. The first kappa shape index (κ1) is 14.0. The molecule has 1 rings (SSSR count). The van der Waals surface area contributed by atoms with E-state index in [1.165, 1.54) is 57.9 Å². The van der Waals surface area contributed by atoms with Crippen LogP contribution in [-0.2, 0) is 4.74 Å². The third-order valence-electron chi connectivity index (χ3n) is 3.72. The predicted octanol–water partition coefficient (Wildman–Crippen LogP) is 3.36. The van der Waals surface area contributed by atoms with Crippen LogP contribution in [0, 0.1) is 5.92 Å². The lowest BCUT2D eigenvalue weighted by Crippen LogP contribution is -2.29. The fourth-order valence-electron chi connectivity index (χ4n) is 2.55. The summed E-state index contributed by atoms with van der Waals surface area (Å²) in [5.41, 5.74) is 0. The Bertz CT molecular complexity index is 161. The van der Waals surface area contributed by atoms with Gasteiger partial charge in [-0.3, -0.25) is 0 Å². The van der Waals surface area contributed by atoms with Gasteiger partial charge in [-0.15, -0.1) is 0 Å². The van der Waals surface area contributed by atoms with E-state index in [0.717, 1.165) is 18.6 Å². The molecule has 1 aliphatic rings. The predicted molar refractivity (Wildman–Crippen MR) is 69.8 cm³/mol. The van der Waals surface area contributed by atoms with Crippen LogP contribution in [0.15, 0.2) is 0 Å². The fourth-order valence-corrected chi connectivity index (χ4v) is 2.55. The minimum atomic E-state index is 0.798. The molecule has 16 heavy (non-hydrogen) atoms. The van der Waals surface area contributed by atoms with Crippen molar-refractivity contribution in [3.63, 3.8) is 0 Å². The van der Waals surface area contributed by atoms with E-state index >= 15 is 0 Å². The molecule has 0 saturated heterocycles. The molecule has 0 bridgehead atoms. The van der Waals surface area contributed by atoms with E-state index in [4.69, 9.17) is 4.74 Å². The van der Waals surface area contributed by atoms with Gasteiger partial charge in [0, 0.05) is 19.8 Å². The van der Waals surface area contributed by atoms with Gasteiger partial charge in [0.15, 0.2) is 0 Å². The molecular formula is C14H29NO. The lowest BCUT2D eigenvalue weighted by Gasteiger charge is -2.16. The summed E-state index contributed by atoms with van der Waals surface area (Å²) in [6.45, 7) is 4.51. The van der Waals surface area contributed by atoms with Gasteiger partial charge >= 0.3 is 0 Å². The molecule has 2 atom stereocenters. The molecular weight excluding hydrogens is 198 g/mol. The number of hydrogen-bond acceptors (Lipinski definition) is 2. The van der Waals surface area contributed by atoms with Crippen molar-refractivity contribution in [2.45, 2.75) is 64.3 Å². The lowest BCUT2D eigenvalue weighted by molar-refractivity contribution is 0.192. The van der Waals surface area contributed by atoms with Crippen LogP contribution < -0.4 is 5.32 Å². The Morgan fingerprint density at radius 1 is 1.06 bits per heavy atom. The smallest absolute Gasteiger partial charge is 0.0462 e. The molecule has 0 aromatic rings. The molecule has 0 amide bonds. The summed E-state index contributed by atoms with van der Waals surface area (Å²) in [6, 6.07) is 0.798. The van der Waals surface area contributed by atoms with E-state index in [0.29, 0.717) is 0 Å². The van der Waals surface area contributed by atoms with Gasteiger partial charge in [-0.1, -0.05) is 19.8 Å². The summed E-state index contributed by atoms with van der Waals surface area (Å²) < 4.78 is 5.05. The maximum absolute atomic E-state index is 5.05. The molecule has 96 valence electrons. The van der Waals surface area contributed by atoms with Crippen molar-refractivity contribution in [1.29, 1.82) is 0 Å². The average molecular weight is 227 g/mol. The molecule has 0 heterocycles. The van der Waals surface area contributed by atoms with Crippen LogP contribution in [0.1, 0.15) is 58.3 Å². The van der Waals surface area contributed by atoms with Crippen LogP contribution in [0.4, 0.5) is 0 Å². The molecule has 0 spiro atoms. The van der Waals surface area contributed by atoms with Crippen LogP contribution in [0.25, 0.3) is 0 Å². The van der Waals surface area contributed by atoms with Crippen molar-refractivity contribution in [2.24, 2.45) is 5.92 Å². The largest absolute Gasteiger partial charge is 0.385 e. The van der Waals surface area contributed by atoms with E-state index in [9.17, 15) is 0 Å². The topological polar surface area (TPSA) is 21.3 Å². The van der Waals surface area contributed by atoms with Crippen molar-refractivity contribution in [1.82, 2.24) is 5.32 Å². The van der Waals surface area contributed by atoms with Gasteiger partial charge in [0.25, 0.3) is 0 Å². The van der Waals surface area contributed by atoms with Gasteiger partial charge in [0.1, 0.15) is 0 Å². The summed E-state index contributed by atoms with van der Waals surface area (Å²) in [5.74, 6) is 0.952. The zero-order chi connectivity index (χ0) is 11.6. The minimum Gasteiger partial charge on any atom is -0.385 e. The van der Waals surface area contributed by atoms with Crippen molar-refractivity contribution >= 4 is 0 Å². The maximum Gasteiger partial charge on any atom is 0.0462 e. The molecule has 1 saturated carbocycles. The summed E-state index contributed by atoms with van der Waals surface area (Å²) in [7, 11) is 1.78. The van der Waals surface area contributed by atoms with Crippen LogP contribution in [0.5, 0.6) is 0 Å². The Labute approximate surface area is 101 Å². The average Bonchev–Trinajstić information content (AvgIpc) is 2.49. The highest BCUT2D eigenvalue weighted by atomic mass is 16.5. The molecule has 1 N–H and O–H groups in total. The molecule has 0 aliphatic heterocycles. The number of hydrogen-bond donors (Lipinski definition) is 1. The first-order valence-electron chi connectivity index (χ1n) is 7.05. The van der Waals surface area contributed by atoms with Crippen LogP contribution in [0.3, 0.4) is 0 Å². The van der Waals surface area contributed by atoms with E-state index in [1.54, 1.807) is 7.11 Å². The normalized spacial score (nSPS) is 26.6. The molecule has 0 radical (unpaired) electrons. The van der Waals surface area contributed by atoms with Crippen LogP contribution in [0.2, 0.25) is 0 Å². The number of ether oxygens (including phenoxy) is 1.